The van der Waals surface area contributed by atoms with Gasteiger partial charge in [-0.05, 0) is 49.4 Å². The highest BCUT2D eigenvalue weighted by molar-refractivity contribution is 7.99. The fraction of sp³-hybridized carbons (Fsp3) is 0.0909. The van der Waals surface area contributed by atoms with E-state index in [-0.39, 0.29) is 22.4 Å². The Bertz CT molecular complexity index is 1250. The van der Waals surface area contributed by atoms with Gasteiger partial charge < -0.3 is 19.5 Å². The first kappa shape index (κ1) is 21.3. The first-order chi connectivity index (χ1) is 15.5. The van der Waals surface area contributed by atoms with Crippen LogP contribution in [0.3, 0.4) is 0 Å². The van der Waals surface area contributed by atoms with Crippen molar-refractivity contribution in [1.29, 1.82) is 0 Å². The molecule has 0 saturated heterocycles. The van der Waals surface area contributed by atoms with E-state index >= 15 is 0 Å². The molecule has 0 atom stereocenters. The molecule has 0 bridgehead atoms. The molecule has 0 unspecified atom stereocenters. The summed E-state index contributed by atoms with van der Waals surface area (Å²) in [6, 6.07) is 13.7. The molecule has 0 fully saturated rings. The number of rotatable bonds is 7. The molecule has 0 aliphatic carbocycles. The van der Waals surface area contributed by atoms with E-state index in [0.717, 1.165) is 11.8 Å². The van der Waals surface area contributed by atoms with Crippen LogP contribution >= 0.6 is 11.8 Å². The van der Waals surface area contributed by atoms with Crippen LogP contribution in [0.15, 0.2) is 74.9 Å². The van der Waals surface area contributed by atoms with Crippen LogP contribution in [-0.4, -0.2) is 27.8 Å². The van der Waals surface area contributed by atoms with Crippen LogP contribution in [0.2, 0.25) is 0 Å². The topological polar surface area (TPSA) is 110 Å². The Morgan fingerprint density at radius 1 is 1.03 bits per heavy atom. The number of hydrogen-bond acceptors (Lipinski definition) is 7. The molecule has 2 N–H and O–H groups in total. The van der Waals surface area contributed by atoms with Crippen LogP contribution in [-0.2, 0) is 4.79 Å². The molecule has 162 valence electrons. The lowest BCUT2D eigenvalue weighted by molar-refractivity contribution is -0.113. The molecule has 0 aliphatic heterocycles. The molecular weight excluding hydrogens is 435 g/mol. The maximum absolute atomic E-state index is 13.1. The number of nitrogens with zero attached hydrogens (tertiary/aromatic N) is 2. The predicted molar refractivity (Wildman–Crippen MR) is 117 cm³/mol. The number of aromatic nitrogens is 2. The average Bonchev–Trinajstić information content (AvgIpc) is 3.43. The van der Waals surface area contributed by atoms with Crippen molar-refractivity contribution in [2.75, 3.05) is 16.4 Å². The number of benzene rings is 2. The van der Waals surface area contributed by atoms with E-state index < -0.39 is 11.7 Å². The van der Waals surface area contributed by atoms with Gasteiger partial charge in [0.05, 0.1) is 28.8 Å². The maximum Gasteiger partial charge on any atom is 0.277 e. The zero-order chi connectivity index (χ0) is 22.5. The van der Waals surface area contributed by atoms with E-state index in [9.17, 15) is 14.0 Å². The average molecular weight is 452 g/mol. The Balaban J connectivity index is 1.37. The summed E-state index contributed by atoms with van der Waals surface area (Å²) in [7, 11) is 0. The molecule has 0 spiro atoms. The first-order valence-electron chi connectivity index (χ1n) is 9.46. The summed E-state index contributed by atoms with van der Waals surface area (Å²) in [4.78, 5) is 25.1. The number of thioether (sulfide) groups is 1. The monoisotopic (exact) mass is 452 g/mol. The van der Waals surface area contributed by atoms with Crippen LogP contribution in [0.4, 0.5) is 15.8 Å². The number of hydrogen-bond donors (Lipinski definition) is 2. The number of carbonyl (C=O) groups excluding carboxylic acids is 2. The molecule has 0 radical (unpaired) electrons. The van der Waals surface area contributed by atoms with E-state index in [1.54, 1.807) is 37.3 Å². The van der Waals surface area contributed by atoms with Crippen molar-refractivity contribution in [3.8, 4) is 11.5 Å². The minimum Gasteiger partial charge on any atom is -0.469 e. The second kappa shape index (κ2) is 9.48. The van der Waals surface area contributed by atoms with Crippen LogP contribution < -0.4 is 10.6 Å². The number of anilines is 2. The lowest BCUT2D eigenvalue weighted by atomic mass is 10.1. The van der Waals surface area contributed by atoms with E-state index in [4.69, 9.17) is 8.83 Å². The third kappa shape index (κ3) is 5.03. The molecule has 4 rings (SSSR count). The van der Waals surface area contributed by atoms with Crippen LogP contribution in [0.25, 0.3) is 11.5 Å². The van der Waals surface area contributed by atoms with Gasteiger partial charge in [0.2, 0.25) is 5.91 Å². The van der Waals surface area contributed by atoms with Gasteiger partial charge >= 0.3 is 0 Å². The molecule has 2 heterocycles. The van der Waals surface area contributed by atoms with Crippen LogP contribution in [0.1, 0.15) is 16.1 Å². The number of nitrogens with one attached hydrogen (secondary N) is 2. The SMILES string of the molecule is Cc1occc1-c1nnc(SCC(=O)Nc2ccccc2C(=O)Nc2ccc(F)cc2)o1. The van der Waals surface area contributed by atoms with Crippen LogP contribution in [0.5, 0.6) is 0 Å². The highest BCUT2D eigenvalue weighted by Crippen LogP contribution is 2.26. The van der Waals surface area contributed by atoms with Gasteiger partial charge in [0.1, 0.15) is 11.6 Å². The Labute approximate surface area is 186 Å². The summed E-state index contributed by atoms with van der Waals surface area (Å²) in [5, 5.41) is 13.5. The lowest BCUT2D eigenvalue weighted by Crippen LogP contribution is -2.19. The summed E-state index contributed by atoms with van der Waals surface area (Å²) in [6.45, 7) is 1.78. The zero-order valence-electron chi connectivity index (χ0n) is 16.8. The highest BCUT2D eigenvalue weighted by Gasteiger charge is 2.16. The fourth-order valence-electron chi connectivity index (χ4n) is 2.82. The van der Waals surface area contributed by atoms with Gasteiger partial charge in [-0.25, -0.2) is 4.39 Å². The van der Waals surface area contributed by atoms with Gasteiger partial charge in [0.25, 0.3) is 17.0 Å². The lowest BCUT2D eigenvalue weighted by Gasteiger charge is -2.11. The fourth-order valence-corrected chi connectivity index (χ4v) is 3.38. The largest absolute Gasteiger partial charge is 0.469 e. The number of furan rings is 1. The molecular formula is C22H17FN4O4S. The van der Waals surface area contributed by atoms with Crippen LogP contribution in [0, 0.1) is 12.7 Å². The Hall–Kier alpha value is -3.92. The van der Waals surface area contributed by atoms with Crippen molar-refractivity contribution in [2.45, 2.75) is 12.1 Å². The number of carbonyl (C=O) groups is 2. The van der Waals surface area contributed by atoms with E-state index in [2.05, 4.69) is 20.8 Å². The van der Waals surface area contributed by atoms with Crippen molar-refractivity contribution in [2.24, 2.45) is 0 Å². The molecule has 8 nitrogen and oxygen atoms in total. The Kier molecular flexibility index (Phi) is 6.31. The Morgan fingerprint density at radius 3 is 2.56 bits per heavy atom. The standard InChI is InChI=1S/C22H17FN4O4S/c1-13-16(10-11-30-13)21-26-27-22(31-21)32-12-19(28)25-18-5-3-2-4-17(18)20(29)24-15-8-6-14(23)7-9-15/h2-11H,12H2,1H3,(H,24,29)(H,25,28). The molecule has 2 aromatic carbocycles. The summed E-state index contributed by atoms with van der Waals surface area (Å²) in [6.07, 6.45) is 1.53. The van der Waals surface area contributed by atoms with Gasteiger partial charge in [-0.2, -0.15) is 0 Å². The molecule has 2 amide bonds. The number of aryl methyl sites for hydroxylation is 1. The number of halogens is 1. The molecule has 32 heavy (non-hydrogen) atoms. The predicted octanol–water partition coefficient (Wildman–Crippen LogP) is 4.76. The third-order valence-electron chi connectivity index (χ3n) is 4.37. The van der Waals surface area contributed by atoms with Crippen molar-refractivity contribution in [1.82, 2.24) is 10.2 Å². The van der Waals surface area contributed by atoms with Crippen molar-refractivity contribution >= 4 is 35.0 Å². The Morgan fingerprint density at radius 2 is 1.81 bits per heavy atom. The second-order valence-corrected chi connectivity index (χ2v) is 7.53. The number of amides is 2. The molecule has 0 aliphatic rings. The molecule has 0 saturated carbocycles. The van der Waals surface area contributed by atoms with Gasteiger partial charge in [0.15, 0.2) is 0 Å². The quantitative estimate of drug-likeness (QED) is 0.389. The smallest absolute Gasteiger partial charge is 0.277 e. The van der Waals surface area contributed by atoms with Crippen molar-refractivity contribution in [3.63, 3.8) is 0 Å². The summed E-state index contributed by atoms with van der Waals surface area (Å²) < 4.78 is 23.8. The van der Waals surface area contributed by atoms with Gasteiger partial charge in [0, 0.05) is 5.69 Å². The van der Waals surface area contributed by atoms with Crippen molar-refractivity contribution < 1.29 is 22.8 Å². The molecule has 2 aromatic heterocycles. The summed E-state index contributed by atoms with van der Waals surface area (Å²) >= 11 is 1.07. The molecule has 10 heteroatoms. The van der Waals surface area contributed by atoms with E-state index in [1.807, 2.05) is 0 Å². The summed E-state index contributed by atoms with van der Waals surface area (Å²) in [5.74, 6) is -0.227. The third-order valence-corrected chi connectivity index (χ3v) is 5.19. The summed E-state index contributed by atoms with van der Waals surface area (Å²) in [5.41, 5.74) is 1.74. The van der Waals surface area contributed by atoms with Gasteiger partial charge in [-0.3, -0.25) is 9.59 Å². The van der Waals surface area contributed by atoms with E-state index in [0.29, 0.717) is 28.6 Å². The maximum atomic E-state index is 13.1. The minimum atomic E-state index is -0.433. The zero-order valence-corrected chi connectivity index (χ0v) is 17.6. The second-order valence-electron chi connectivity index (χ2n) is 6.61. The highest BCUT2D eigenvalue weighted by atomic mass is 32.2. The van der Waals surface area contributed by atoms with E-state index in [1.165, 1.54) is 30.5 Å². The normalized spacial score (nSPS) is 10.7. The number of para-hydroxylation sites is 1. The van der Waals surface area contributed by atoms with Crippen molar-refractivity contribution in [3.05, 3.63) is 78.0 Å². The van der Waals surface area contributed by atoms with Gasteiger partial charge in [-0.1, -0.05) is 23.9 Å². The molecule has 4 aromatic rings. The van der Waals surface area contributed by atoms with Gasteiger partial charge in [-0.15, -0.1) is 10.2 Å². The minimum absolute atomic E-state index is 0.0000815. The first-order valence-corrected chi connectivity index (χ1v) is 10.4.